The topological polar surface area (TPSA) is 108 Å². The molecule has 150 valence electrons. The molecule has 7 nitrogen and oxygen atoms in total. The fourth-order valence-electron chi connectivity index (χ4n) is 4.58. The number of rotatable bonds is 3. The van der Waals surface area contributed by atoms with Crippen LogP contribution in [0.4, 0.5) is 0 Å². The SMILES string of the molecule is CS(=O)(=O)c1ccc2c3c([nH]c2c1)CCN(C(=O)[C@@H]1CCCC[C@H]1C(=O)O)C3. The molecule has 2 N–H and O–H groups in total. The van der Waals surface area contributed by atoms with Gasteiger partial charge in [-0.05, 0) is 25.0 Å². The third kappa shape index (κ3) is 3.30. The largest absolute Gasteiger partial charge is 0.481 e. The van der Waals surface area contributed by atoms with Gasteiger partial charge in [-0.15, -0.1) is 0 Å². The average molecular weight is 404 g/mol. The standard InChI is InChI=1S/C20H24N2O5S/c1-28(26,27)12-6-7-13-16-11-22(9-8-17(16)21-18(13)10-12)19(23)14-4-2-3-5-15(14)20(24)25/h6-7,10,14-15,21H,2-5,8-9,11H2,1H3,(H,24,25)/t14-,15-/m1/s1. The Kier molecular flexibility index (Phi) is 4.69. The lowest BCUT2D eigenvalue weighted by Gasteiger charge is -2.34. The lowest BCUT2D eigenvalue weighted by atomic mass is 9.78. The summed E-state index contributed by atoms with van der Waals surface area (Å²) in [5, 5.41) is 10.4. The molecule has 1 aliphatic carbocycles. The van der Waals surface area contributed by atoms with Crippen LogP contribution in [0, 0.1) is 11.8 Å². The number of aromatic amines is 1. The van der Waals surface area contributed by atoms with Crippen molar-refractivity contribution in [3.8, 4) is 0 Å². The lowest BCUT2D eigenvalue weighted by molar-refractivity contribution is -0.152. The van der Waals surface area contributed by atoms with Crippen molar-refractivity contribution in [1.82, 2.24) is 9.88 Å². The molecule has 4 rings (SSSR count). The van der Waals surface area contributed by atoms with Gasteiger partial charge < -0.3 is 15.0 Å². The average Bonchev–Trinajstić information content (AvgIpc) is 3.03. The monoisotopic (exact) mass is 404 g/mol. The van der Waals surface area contributed by atoms with E-state index in [0.29, 0.717) is 32.4 Å². The Morgan fingerprint density at radius 3 is 2.57 bits per heavy atom. The second-order valence-corrected chi connectivity index (χ2v) is 9.92. The van der Waals surface area contributed by atoms with Crippen molar-refractivity contribution >= 4 is 32.6 Å². The summed E-state index contributed by atoms with van der Waals surface area (Å²) in [6, 6.07) is 5.01. The predicted molar refractivity (Wildman–Crippen MR) is 104 cm³/mol. The van der Waals surface area contributed by atoms with E-state index < -0.39 is 27.6 Å². The number of sulfone groups is 1. The van der Waals surface area contributed by atoms with Crippen LogP contribution in [0.15, 0.2) is 23.1 Å². The number of hydrogen-bond donors (Lipinski definition) is 2. The van der Waals surface area contributed by atoms with Crippen LogP contribution >= 0.6 is 0 Å². The number of nitrogens with one attached hydrogen (secondary N) is 1. The number of aliphatic carboxylic acids is 1. The summed E-state index contributed by atoms with van der Waals surface area (Å²) in [6.07, 6.45) is 4.77. The maximum atomic E-state index is 13.1. The molecule has 2 aromatic rings. The van der Waals surface area contributed by atoms with E-state index in [1.54, 1.807) is 23.1 Å². The van der Waals surface area contributed by atoms with E-state index in [4.69, 9.17) is 0 Å². The van der Waals surface area contributed by atoms with Gasteiger partial charge in [0.25, 0.3) is 0 Å². The van der Waals surface area contributed by atoms with Crippen LogP contribution in [-0.4, -0.2) is 48.1 Å². The van der Waals surface area contributed by atoms with Crippen LogP contribution in [-0.2, 0) is 32.4 Å². The Morgan fingerprint density at radius 1 is 1.18 bits per heavy atom. The van der Waals surface area contributed by atoms with E-state index in [-0.39, 0.29) is 10.8 Å². The third-order valence-electron chi connectivity index (χ3n) is 6.09. The Hall–Kier alpha value is -2.35. The zero-order chi connectivity index (χ0) is 20.1. The van der Waals surface area contributed by atoms with Crippen LogP contribution < -0.4 is 0 Å². The van der Waals surface area contributed by atoms with Crippen LogP contribution in [0.25, 0.3) is 10.9 Å². The van der Waals surface area contributed by atoms with Crippen LogP contribution in [0.1, 0.15) is 36.9 Å². The molecule has 1 saturated carbocycles. The first-order valence-electron chi connectivity index (χ1n) is 9.61. The molecule has 1 amide bonds. The number of carboxylic acids is 1. The van der Waals surface area contributed by atoms with Crippen molar-refractivity contribution in [3.05, 3.63) is 29.5 Å². The van der Waals surface area contributed by atoms with E-state index in [1.807, 2.05) is 0 Å². The zero-order valence-electron chi connectivity index (χ0n) is 15.8. The number of carbonyl (C=O) groups excluding carboxylic acids is 1. The van der Waals surface area contributed by atoms with Crippen molar-refractivity contribution in [2.45, 2.75) is 43.5 Å². The summed E-state index contributed by atoms with van der Waals surface area (Å²) >= 11 is 0. The molecule has 1 aliphatic heterocycles. The van der Waals surface area contributed by atoms with Gasteiger partial charge in [0.2, 0.25) is 5.91 Å². The molecular weight excluding hydrogens is 380 g/mol. The highest BCUT2D eigenvalue weighted by Crippen LogP contribution is 2.34. The number of benzene rings is 1. The molecule has 0 saturated heterocycles. The molecule has 2 heterocycles. The second kappa shape index (κ2) is 6.92. The van der Waals surface area contributed by atoms with E-state index in [1.165, 1.54) is 6.26 Å². The number of carboxylic acid groups (broad SMARTS) is 1. The van der Waals surface area contributed by atoms with Gasteiger partial charge in [0.1, 0.15) is 0 Å². The Morgan fingerprint density at radius 2 is 1.89 bits per heavy atom. The van der Waals surface area contributed by atoms with Crippen molar-refractivity contribution in [2.24, 2.45) is 11.8 Å². The first-order valence-corrected chi connectivity index (χ1v) is 11.5. The number of H-pyrrole nitrogens is 1. The molecule has 1 aromatic heterocycles. The van der Waals surface area contributed by atoms with E-state index in [2.05, 4.69) is 4.98 Å². The van der Waals surface area contributed by atoms with E-state index in [0.717, 1.165) is 35.0 Å². The number of fused-ring (bicyclic) bond motifs is 3. The van der Waals surface area contributed by atoms with Crippen molar-refractivity contribution in [3.63, 3.8) is 0 Å². The molecular formula is C20H24N2O5S. The Bertz CT molecular complexity index is 1060. The quantitative estimate of drug-likeness (QED) is 0.816. The molecule has 28 heavy (non-hydrogen) atoms. The summed E-state index contributed by atoms with van der Waals surface area (Å²) in [5.41, 5.74) is 2.77. The summed E-state index contributed by atoms with van der Waals surface area (Å²) in [4.78, 5) is 30.0. The highest BCUT2D eigenvalue weighted by atomic mass is 32.2. The molecule has 2 aliphatic rings. The Balaban J connectivity index is 1.62. The number of hydrogen-bond acceptors (Lipinski definition) is 4. The smallest absolute Gasteiger partial charge is 0.307 e. The number of aromatic nitrogens is 1. The number of nitrogens with zero attached hydrogens (tertiary/aromatic N) is 1. The van der Waals surface area contributed by atoms with Gasteiger partial charge in [-0.1, -0.05) is 18.9 Å². The van der Waals surface area contributed by atoms with Gasteiger partial charge >= 0.3 is 5.97 Å². The molecule has 0 bridgehead atoms. The summed E-state index contributed by atoms with van der Waals surface area (Å²) < 4.78 is 23.6. The first kappa shape index (κ1) is 19.0. The highest BCUT2D eigenvalue weighted by molar-refractivity contribution is 7.90. The lowest BCUT2D eigenvalue weighted by Crippen LogP contribution is -2.44. The number of amides is 1. The van der Waals surface area contributed by atoms with Crippen LogP contribution in [0.3, 0.4) is 0 Å². The fourth-order valence-corrected chi connectivity index (χ4v) is 5.22. The van der Waals surface area contributed by atoms with Crippen LogP contribution in [0.5, 0.6) is 0 Å². The zero-order valence-corrected chi connectivity index (χ0v) is 16.6. The molecule has 1 aromatic carbocycles. The summed E-state index contributed by atoms with van der Waals surface area (Å²) in [7, 11) is -3.29. The van der Waals surface area contributed by atoms with Gasteiger partial charge in [-0.2, -0.15) is 0 Å². The van der Waals surface area contributed by atoms with Gasteiger partial charge in [0.05, 0.1) is 16.7 Å². The molecule has 1 fully saturated rings. The Labute approximate surface area is 163 Å². The molecule has 0 unspecified atom stereocenters. The van der Waals surface area contributed by atoms with Crippen LogP contribution in [0.2, 0.25) is 0 Å². The minimum Gasteiger partial charge on any atom is -0.481 e. The van der Waals surface area contributed by atoms with E-state index >= 15 is 0 Å². The number of carbonyl (C=O) groups is 2. The highest BCUT2D eigenvalue weighted by Gasteiger charge is 2.38. The molecule has 8 heteroatoms. The fraction of sp³-hybridized carbons (Fsp3) is 0.500. The molecule has 2 atom stereocenters. The molecule has 0 spiro atoms. The third-order valence-corrected chi connectivity index (χ3v) is 7.20. The molecule has 0 radical (unpaired) electrons. The van der Waals surface area contributed by atoms with Crippen molar-refractivity contribution in [2.75, 3.05) is 12.8 Å². The van der Waals surface area contributed by atoms with Gasteiger partial charge in [-0.3, -0.25) is 9.59 Å². The first-order chi connectivity index (χ1) is 13.3. The van der Waals surface area contributed by atoms with Gasteiger partial charge in [-0.25, -0.2) is 8.42 Å². The minimum atomic E-state index is -3.29. The summed E-state index contributed by atoms with van der Waals surface area (Å²) in [6.45, 7) is 0.968. The van der Waals surface area contributed by atoms with Gasteiger partial charge in [0, 0.05) is 47.9 Å². The maximum Gasteiger partial charge on any atom is 0.307 e. The minimum absolute atomic E-state index is 0.0696. The maximum absolute atomic E-state index is 13.1. The van der Waals surface area contributed by atoms with Gasteiger partial charge in [0.15, 0.2) is 9.84 Å². The van der Waals surface area contributed by atoms with Crippen molar-refractivity contribution in [1.29, 1.82) is 0 Å². The van der Waals surface area contributed by atoms with E-state index in [9.17, 15) is 23.1 Å². The second-order valence-electron chi connectivity index (χ2n) is 7.91. The van der Waals surface area contributed by atoms with Crippen molar-refractivity contribution < 1.29 is 23.1 Å². The summed E-state index contributed by atoms with van der Waals surface area (Å²) in [5.74, 6) is -1.99. The predicted octanol–water partition coefficient (Wildman–Crippen LogP) is 2.35. The normalized spacial score (nSPS) is 22.8.